The molecular weight excluding hydrogens is 1110 g/mol. The zero-order chi connectivity index (χ0) is 60.4. The topological polar surface area (TPSA) is 260 Å². The standard InChI is InChI=1S/C67H75N7O13/c75-60(68-24-26-85-28-30-86-29-27-84-25-23-61(76)77)40-87-59-31-45(66(82)73-36-51(62(78)69-55-32-47(55)41-13-5-1-6-14-41)52(37-73)63(79)70-56-33-48(56)42-15-7-2-8-16-42)21-22-46(59)67(83)74-38-53(64(80)71-57-34-49(57)43-17-9-3-10-18-43)54(39-74)65(81)72-58-35-50(58)44-19-11-4-12-20-44/h1-22,31,47-58H,23-30,32-40H2,(H,68,75)(H,69,78)(H,70,79)(H,71,80)(H,72,81)(H,76,77)/t47-,48-,49-,50-,51-,52-,53-,54-,55+,56+,57+,58+/m1/s1. The molecular formula is C67H75N7O13. The van der Waals surface area contributed by atoms with Crippen molar-refractivity contribution in [3.8, 4) is 5.75 Å². The van der Waals surface area contributed by atoms with Crippen molar-refractivity contribution >= 4 is 47.3 Å². The third kappa shape index (κ3) is 15.6. The van der Waals surface area contributed by atoms with E-state index in [4.69, 9.17) is 24.1 Å². The lowest BCUT2D eigenvalue weighted by Crippen LogP contribution is -2.43. The molecule has 11 rings (SSSR count). The van der Waals surface area contributed by atoms with E-state index in [2.05, 4.69) is 26.6 Å². The highest BCUT2D eigenvalue weighted by atomic mass is 16.5. The van der Waals surface area contributed by atoms with Crippen LogP contribution in [0.5, 0.6) is 5.75 Å². The van der Waals surface area contributed by atoms with Crippen LogP contribution in [0.3, 0.4) is 0 Å². The summed E-state index contributed by atoms with van der Waals surface area (Å²) in [5, 5.41) is 24.2. The van der Waals surface area contributed by atoms with Gasteiger partial charge in [0.15, 0.2) is 6.61 Å². The van der Waals surface area contributed by atoms with Gasteiger partial charge < -0.3 is 60.4 Å². The van der Waals surface area contributed by atoms with Crippen LogP contribution in [0.4, 0.5) is 0 Å². The van der Waals surface area contributed by atoms with Gasteiger partial charge in [0, 0.05) is 86.1 Å². The van der Waals surface area contributed by atoms with Gasteiger partial charge >= 0.3 is 5.97 Å². The molecule has 4 aliphatic carbocycles. The lowest BCUT2D eigenvalue weighted by molar-refractivity contribution is -0.138. The van der Waals surface area contributed by atoms with E-state index in [0.717, 1.165) is 47.9 Å². The first-order valence-electron chi connectivity index (χ1n) is 30.3. The largest absolute Gasteiger partial charge is 0.483 e. The van der Waals surface area contributed by atoms with Crippen molar-refractivity contribution < 1.29 is 62.4 Å². The molecule has 0 radical (unpaired) electrons. The second kappa shape index (κ2) is 27.9. The van der Waals surface area contributed by atoms with Crippen LogP contribution in [0.15, 0.2) is 140 Å². The minimum absolute atomic E-state index is 0.0152. The molecule has 6 aliphatic rings. The van der Waals surface area contributed by atoms with Crippen molar-refractivity contribution in [2.45, 2.75) is 79.9 Å². The predicted molar refractivity (Wildman–Crippen MR) is 318 cm³/mol. The van der Waals surface area contributed by atoms with Gasteiger partial charge in [-0.2, -0.15) is 0 Å². The summed E-state index contributed by atoms with van der Waals surface area (Å²) in [6.07, 6.45) is 2.88. The molecule has 20 nitrogen and oxygen atoms in total. The average Bonchev–Trinajstić information content (AvgIpc) is 2.22. The summed E-state index contributed by atoms with van der Waals surface area (Å²) < 4.78 is 22.4. The molecule has 5 aromatic rings. The van der Waals surface area contributed by atoms with E-state index in [1.807, 2.05) is 121 Å². The Bertz CT molecular complexity index is 3120. The third-order valence-electron chi connectivity index (χ3n) is 17.5. The Morgan fingerprint density at radius 1 is 0.437 bits per heavy atom. The van der Waals surface area contributed by atoms with Crippen molar-refractivity contribution in [1.82, 2.24) is 36.4 Å². The van der Waals surface area contributed by atoms with Gasteiger partial charge in [0.2, 0.25) is 23.6 Å². The normalized spacial score (nSPS) is 25.6. The average molecular weight is 1190 g/mol. The van der Waals surface area contributed by atoms with Crippen LogP contribution in [0.2, 0.25) is 0 Å². The van der Waals surface area contributed by atoms with E-state index < -0.39 is 54.0 Å². The number of nitrogens with one attached hydrogen (secondary N) is 5. The summed E-state index contributed by atoms with van der Waals surface area (Å²) in [7, 11) is 0. The van der Waals surface area contributed by atoms with E-state index in [1.165, 1.54) is 28.0 Å². The van der Waals surface area contributed by atoms with E-state index in [9.17, 15) is 33.6 Å². The van der Waals surface area contributed by atoms with Gasteiger partial charge in [-0.3, -0.25) is 38.4 Å². The molecule has 12 atom stereocenters. The molecule has 6 fully saturated rings. The second-order valence-electron chi connectivity index (χ2n) is 23.6. The smallest absolute Gasteiger partial charge is 0.305 e. The molecule has 20 heteroatoms. The van der Waals surface area contributed by atoms with E-state index in [1.54, 1.807) is 0 Å². The van der Waals surface area contributed by atoms with Crippen LogP contribution in [0, 0.1) is 23.7 Å². The Kier molecular flexibility index (Phi) is 19.3. The van der Waals surface area contributed by atoms with Crippen molar-refractivity contribution in [2.24, 2.45) is 23.7 Å². The fourth-order valence-corrected chi connectivity index (χ4v) is 12.3. The number of nitrogens with zero attached hydrogens (tertiary/aromatic N) is 2. The molecule has 456 valence electrons. The van der Waals surface area contributed by atoms with Crippen LogP contribution in [0.25, 0.3) is 0 Å². The first kappa shape index (κ1) is 60.2. The molecule has 2 heterocycles. The summed E-state index contributed by atoms with van der Waals surface area (Å²) in [6.45, 7) is 0.396. The van der Waals surface area contributed by atoms with Gasteiger partial charge in [0.05, 0.1) is 75.3 Å². The zero-order valence-corrected chi connectivity index (χ0v) is 48.5. The van der Waals surface area contributed by atoms with Crippen LogP contribution in [-0.4, -0.2) is 165 Å². The number of ether oxygens (including phenoxy) is 4. The number of benzene rings is 5. The summed E-state index contributed by atoms with van der Waals surface area (Å²) in [5.41, 5.74) is 4.49. The summed E-state index contributed by atoms with van der Waals surface area (Å²) in [4.78, 5) is 114. The number of hydrogen-bond donors (Lipinski definition) is 6. The minimum Gasteiger partial charge on any atom is -0.483 e. The van der Waals surface area contributed by atoms with Gasteiger partial charge in [-0.25, -0.2) is 0 Å². The van der Waals surface area contributed by atoms with E-state index in [-0.39, 0.29) is 167 Å². The molecule has 5 aromatic carbocycles. The molecule has 4 saturated carbocycles. The van der Waals surface area contributed by atoms with Crippen molar-refractivity contribution in [2.75, 3.05) is 79.0 Å². The highest BCUT2D eigenvalue weighted by Gasteiger charge is 2.51. The highest BCUT2D eigenvalue weighted by Crippen LogP contribution is 2.45. The number of carboxylic acid groups (broad SMARTS) is 1. The second-order valence-corrected chi connectivity index (χ2v) is 23.6. The van der Waals surface area contributed by atoms with E-state index >= 15 is 4.79 Å². The number of hydrogen-bond acceptors (Lipinski definition) is 12. The maximum absolute atomic E-state index is 15.0. The lowest BCUT2D eigenvalue weighted by Gasteiger charge is -2.21. The van der Waals surface area contributed by atoms with Crippen LogP contribution < -0.4 is 31.3 Å². The summed E-state index contributed by atoms with van der Waals surface area (Å²) >= 11 is 0. The Morgan fingerprint density at radius 2 is 0.793 bits per heavy atom. The third-order valence-corrected chi connectivity index (χ3v) is 17.5. The quantitative estimate of drug-likeness (QED) is 0.0353. The number of rotatable bonds is 29. The highest BCUT2D eigenvalue weighted by molar-refractivity contribution is 6.02. The Hall–Kier alpha value is -8.46. The molecule has 0 aromatic heterocycles. The molecule has 0 unspecified atom stereocenters. The molecule has 6 N–H and O–H groups in total. The first-order chi connectivity index (χ1) is 42.4. The van der Waals surface area contributed by atoms with Crippen molar-refractivity contribution in [1.29, 1.82) is 0 Å². The van der Waals surface area contributed by atoms with Gasteiger partial charge in [0.1, 0.15) is 5.75 Å². The number of amides is 7. The Morgan fingerprint density at radius 3 is 1.17 bits per heavy atom. The van der Waals surface area contributed by atoms with Crippen molar-refractivity contribution in [3.05, 3.63) is 173 Å². The molecule has 2 saturated heterocycles. The number of carbonyl (C=O) groups excluding carboxylic acids is 7. The van der Waals surface area contributed by atoms with Gasteiger partial charge in [0.25, 0.3) is 17.7 Å². The minimum atomic E-state index is -0.946. The lowest BCUT2D eigenvalue weighted by atomic mass is 9.94. The van der Waals surface area contributed by atoms with Gasteiger partial charge in [-0.05, 0) is 66.1 Å². The summed E-state index contributed by atoms with van der Waals surface area (Å²) in [5.74, 6) is -7.03. The summed E-state index contributed by atoms with van der Waals surface area (Å²) in [6, 6.07) is 43.4. The van der Waals surface area contributed by atoms with Gasteiger partial charge in [-0.1, -0.05) is 121 Å². The fourth-order valence-electron chi connectivity index (χ4n) is 12.3. The fraction of sp³-hybridized carbons (Fsp3) is 0.433. The van der Waals surface area contributed by atoms with Gasteiger partial charge in [-0.15, -0.1) is 0 Å². The molecule has 0 bridgehead atoms. The number of carbonyl (C=O) groups is 8. The van der Waals surface area contributed by atoms with Crippen LogP contribution in [-0.2, 0) is 43.0 Å². The number of likely N-dealkylation sites (tertiary alicyclic amines) is 2. The Balaban J connectivity index is 0.790. The molecule has 87 heavy (non-hydrogen) atoms. The number of aliphatic carboxylic acids is 1. The number of carboxylic acids is 1. The molecule has 0 spiro atoms. The first-order valence-corrected chi connectivity index (χ1v) is 30.3. The van der Waals surface area contributed by atoms with Crippen LogP contribution in [0.1, 0.15) is 98.7 Å². The van der Waals surface area contributed by atoms with E-state index in [0.29, 0.717) is 0 Å². The maximum Gasteiger partial charge on any atom is 0.305 e. The molecule has 2 aliphatic heterocycles. The molecule has 7 amide bonds. The zero-order valence-electron chi connectivity index (χ0n) is 48.5. The monoisotopic (exact) mass is 1190 g/mol. The SMILES string of the molecule is O=C(O)CCOCCOCCOCCNC(=O)COc1cc(C(=O)N2C[C@@H](C(=O)N[C@H]3C[C@@H]3c3ccccc3)[C@H](C(=O)N[C@H]3C[C@@H]3c3ccccc3)C2)ccc1C(=O)N1C[C@@H](C(=O)N[C@H]2C[C@@H]2c2ccccc2)[C@H](C(=O)N[C@H]2C[C@@H]2c2ccccc2)C1. The van der Waals surface area contributed by atoms with Crippen LogP contribution >= 0.6 is 0 Å². The van der Waals surface area contributed by atoms with Crippen molar-refractivity contribution in [3.63, 3.8) is 0 Å². The maximum atomic E-state index is 15.0. The predicted octanol–water partition coefficient (Wildman–Crippen LogP) is 4.77. The Labute approximate surface area is 505 Å².